The summed E-state index contributed by atoms with van der Waals surface area (Å²) in [7, 11) is 1.75. The highest BCUT2D eigenvalue weighted by molar-refractivity contribution is 5.91. The molecule has 4 unspecified atom stereocenters. The first-order chi connectivity index (χ1) is 15.5. The predicted octanol–water partition coefficient (Wildman–Crippen LogP) is 3.77. The van der Waals surface area contributed by atoms with Gasteiger partial charge in [-0.3, -0.25) is 14.5 Å². The Kier molecular flexibility index (Phi) is 12.1. The normalized spacial score (nSPS) is 20.3. The molecule has 0 saturated carbocycles. The lowest BCUT2D eigenvalue weighted by Gasteiger charge is -2.39. The standard InChI is InChI=1S/C26H47N3O4/c1-10-19(7)23(27-24(30)21-14-12-13-15-29(21)18(5)6)25(31)28(9)22(17(3)4)16-20(8)26(32)33-11-2/h16-19,21-23H,10-15H2,1-9H3,(H,27,30)/b20-16+. The summed E-state index contributed by atoms with van der Waals surface area (Å²) < 4.78 is 5.10. The largest absolute Gasteiger partial charge is 0.463 e. The Morgan fingerprint density at radius 3 is 2.27 bits per heavy atom. The Bertz CT molecular complexity index is 689. The van der Waals surface area contributed by atoms with E-state index < -0.39 is 6.04 Å². The van der Waals surface area contributed by atoms with Crippen molar-refractivity contribution in [2.75, 3.05) is 20.2 Å². The zero-order valence-corrected chi connectivity index (χ0v) is 22.3. The van der Waals surface area contributed by atoms with Crippen LogP contribution in [0.4, 0.5) is 0 Å². The van der Waals surface area contributed by atoms with Gasteiger partial charge in [0.1, 0.15) is 6.04 Å². The molecule has 0 aliphatic carbocycles. The van der Waals surface area contributed by atoms with E-state index in [1.807, 2.05) is 27.7 Å². The number of esters is 1. The summed E-state index contributed by atoms with van der Waals surface area (Å²) in [5.74, 6) is -0.484. The number of hydrogen-bond donors (Lipinski definition) is 1. The van der Waals surface area contributed by atoms with Crippen LogP contribution in [-0.2, 0) is 19.1 Å². The molecule has 1 aliphatic heterocycles. The Hall–Kier alpha value is -1.89. The first-order valence-electron chi connectivity index (χ1n) is 12.6. The van der Waals surface area contributed by atoms with Crippen LogP contribution in [0.1, 0.15) is 81.1 Å². The van der Waals surface area contributed by atoms with Crippen molar-refractivity contribution in [2.24, 2.45) is 11.8 Å². The minimum Gasteiger partial charge on any atom is -0.463 e. The summed E-state index contributed by atoms with van der Waals surface area (Å²) in [4.78, 5) is 43.0. The lowest BCUT2D eigenvalue weighted by Crippen LogP contribution is -2.59. The fraction of sp³-hybridized carbons (Fsp3) is 0.808. The number of rotatable bonds is 11. The number of likely N-dealkylation sites (tertiary alicyclic amines) is 1. The molecule has 1 fully saturated rings. The van der Waals surface area contributed by atoms with Crippen LogP contribution in [0.15, 0.2) is 11.6 Å². The monoisotopic (exact) mass is 465 g/mol. The van der Waals surface area contributed by atoms with Crippen molar-refractivity contribution in [3.05, 3.63) is 11.6 Å². The van der Waals surface area contributed by atoms with Crippen molar-refractivity contribution < 1.29 is 19.1 Å². The molecule has 0 radical (unpaired) electrons. The van der Waals surface area contributed by atoms with E-state index in [1.54, 1.807) is 31.9 Å². The second-order valence-corrected chi connectivity index (χ2v) is 9.97. The minimum absolute atomic E-state index is 0.0112. The lowest BCUT2D eigenvalue weighted by molar-refractivity contribution is -0.140. The SMILES string of the molecule is CCOC(=O)/C(C)=C/C(C(C)C)N(C)C(=O)C(NC(=O)C1CCCCN1C(C)C)C(C)CC. The fourth-order valence-electron chi connectivity index (χ4n) is 4.47. The Morgan fingerprint density at radius 2 is 1.76 bits per heavy atom. The number of nitrogens with one attached hydrogen (secondary N) is 1. The Morgan fingerprint density at radius 1 is 1.12 bits per heavy atom. The molecule has 7 nitrogen and oxygen atoms in total. The summed E-state index contributed by atoms with van der Waals surface area (Å²) in [6.45, 7) is 17.0. The van der Waals surface area contributed by atoms with Crippen LogP contribution in [0, 0.1) is 11.8 Å². The third kappa shape index (κ3) is 8.13. The third-order valence-electron chi connectivity index (χ3n) is 6.78. The highest BCUT2D eigenvalue weighted by Crippen LogP contribution is 2.22. The van der Waals surface area contributed by atoms with Gasteiger partial charge in [-0.15, -0.1) is 0 Å². The van der Waals surface area contributed by atoms with E-state index in [0.717, 1.165) is 32.2 Å². The molecule has 1 saturated heterocycles. The molecule has 1 rings (SSSR count). The summed E-state index contributed by atoms with van der Waals surface area (Å²) >= 11 is 0. The number of hydrogen-bond acceptors (Lipinski definition) is 5. The summed E-state index contributed by atoms with van der Waals surface area (Å²) in [5, 5.41) is 3.11. The number of carbonyl (C=O) groups is 3. The number of nitrogens with zero attached hydrogens (tertiary/aromatic N) is 2. The van der Waals surface area contributed by atoms with Crippen molar-refractivity contribution in [1.29, 1.82) is 0 Å². The van der Waals surface area contributed by atoms with E-state index in [4.69, 9.17) is 4.74 Å². The van der Waals surface area contributed by atoms with E-state index >= 15 is 0 Å². The molecule has 190 valence electrons. The minimum atomic E-state index is -0.610. The average Bonchev–Trinajstić information content (AvgIpc) is 2.78. The van der Waals surface area contributed by atoms with Crippen LogP contribution in [0.3, 0.4) is 0 Å². The molecule has 0 bridgehead atoms. The van der Waals surface area contributed by atoms with Gasteiger partial charge in [-0.05, 0) is 58.9 Å². The van der Waals surface area contributed by atoms with Crippen LogP contribution in [0.2, 0.25) is 0 Å². The molecular weight excluding hydrogens is 418 g/mol. The summed E-state index contributed by atoms with van der Waals surface area (Å²) in [5.41, 5.74) is 0.481. The molecule has 2 amide bonds. The van der Waals surface area contributed by atoms with Crippen LogP contribution < -0.4 is 5.32 Å². The van der Waals surface area contributed by atoms with Gasteiger partial charge in [0, 0.05) is 18.7 Å². The topological polar surface area (TPSA) is 79.0 Å². The van der Waals surface area contributed by atoms with Crippen molar-refractivity contribution in [3.8, 4) is 0 Å². The first-order valence-corrected chi connectivity index (χ1v) is 12.6. The maximum Gasteiger partial charge on any atom is 0.333 e. The van der Waals surface area contributed by atoms with Crippen LogP contribution in [0.25, 0.3) is 0 Å². The average molecular weight is 466 g/mol. The van der Waals surface area contributed by atoms with Crippen molar-refractivity contribution in [1.82, 2.24) is 15.1 Å². The molecule has 0 aromatic rings. The zero-order chi connectivity index (χ0) is 25.3. The molecule has 4 atom stereocenters. The summed E-state index contributed by atoms with van der Waals surface area (Å²) in [6, 6.07) is -0.814. The van der Waals surface area contributed by atoms with Gasteiger partial charge in [0.15, 0.2) is 0 Å². The molecule has 1 heterocycles. The van der Waals surface area contributed by atoms with Crippen molar-refractivity contribution >= 4 is 17.8 Å². The maximum atomic E-state index is 13.7. The number of likely N-dealkylation sites (N-methyl/N-ethyl adjacent to an activating group) is 1. The highest BCUT2D eigenvalue weighted by Gasteiger charge is 2.36. The second-order valence-electron chi connectivity index (χ2n) is 9.97. The van der Waals surface area contributed by atoms with E-state index in [1.165, 1.54) is 0 Å². The Labute approximate surface area is 201 Å². The van der Waals surface area contributed by atoms with Gasteiger partial charge in [-0.1, -0.05) is 46.6 Å². The second kappa shape index (κ2) is 13.7. The smallest absolute Gasteiger partial charge is 0.333 e. The molecule has 0 aromatic heterocycles. The number of carbonyl (C=O) groups excluding carboxylic acids is 3. The molecule has 1 aliphatic rings. The van der Waals surface area contributed by atoms with Gasteiger partial charge in [0.25, 0.3) is 0 Å². The van der Waals surface area contributed by atoms with Crippen molar-refractivity contribution in [3.63, 3.8) is 0 Å². The Balaban J connectivity index is 3.12. The van der Waals surface area contributed by atoms with Crippen LogP contribution in [0.5, 0.6) is 0 Å². The van der Waals surface area contributed by atoms with E-state index in [0.29, 0.717) is 12.2 Å². The first kappa shape index (κ1) is 29.1. The van der Waals surface area contributed by atoms with Gasteiger partial charge < -0.3 is 15.0 Å². The molecule has 0 aromatic carbocycles. The van der Waals surface area contributed by atoms with E-state index in [-0.39, 0.29) is 47.7 Å². The highest BCUT2D eigenvalue weighted by atomic mass is 16.5. The van der Waals surface area contributed by atoms with E-state index in [9.17, 15) is 14.4 Å². The molecule has 1 N–H and O–H groups in total. The number of ether oxygens (including phenoxy) is 1. The molecular formula is C26H47N3O4. The van der Waals surface area contributed by atoms with Gasteiger partial charge in [-0.2, -0.15) is 0 Å². The van der Waals surface area contributed by atoms with Gasteiger partial charge in [0.05, 0.1) is 18.7 Å². The molecule has 0 spiro atoms. The maximum absolute atomic E-state index is 13.7. The van der Waals surface area contributed by atoms with Crippen LogP contribution in [-0.4, -0.2) is 72.0 Å². The third-order valence-corrected chi connectivity index (χ3v) is 6.78. The van der Waals surface area contributed by atoms with E-state index in [2.05, 4.69) is 24.1 Å². The zero-order valence-electron chi connectivity index (χ0n) is 22.3. The predicted molar refractivity (Wildman–Crippen MR) is 133 cm³/mol. The number of amides is 2. The quantitative estimate of drug-likeness (QED) is 0.371. The van der Waals surface area contributed by atoms with Gasteiger partial charge >= 0.3 is 5.97 Å². The fourth-order valence-corrected chi connectivity index (χ4v) is 4.47. The van der Waals surface area contributed by atoms with Gasteiger partial charge in [0.2, 0.25) is 11.8 Å². The molecule has 7 heteroatoms. The van der Waals surface area contributed by atoms with Crippen molar-refractivity contribution in [2.45, 2.75) is 105 Å². The van der Waals surface area contributed by atoms with Gasteiger partial charge in [-0.25, -0.2) is 4.79 Å². The lowest BCUT2D eigenvalue weighted by atomic mass is 9.93. The summed E-state index contributed by atoms with van der Waals surface area (Å²) in [6.07, 6.45) is 5.51. The van der Waals surface area contributed by atoms with Crippen LogP contribution >= 0.6 is 0 Å². The number of piperidine rings is 1. The molecule has 33 heavy (non-hydrogen) atoms.